The van der Waals surface area contributed by atoms with Gasteiger partial charge in [0.2, 0.25) is 0 Å². The Balaban J connectivity index is 1.46. The summed E-state index contributed by atoms with van der Waals surface area (Å²) in [5.74, 6) is 0. The van der Waals surface area contributed by atoms with Crippen LogP contribution in [-0.2, 0) is 26.6 Å². The molecule has 0 bridgehead atoms. The Morgan fingerprint density at radius 1 is 0.583 bits per heavy atom. The van der Waals surface area contributed by atoms with E-state index in [1.807, 2.05) is 24.3 Å². The van der Waals surface area contributed by atoms with Crippen molar-refractivity contribution < 1.29 is 26.6 Å². The molecule has 0 spiro atoms. The molecule has 0 saturated heterocycles. The van der Waals surface area contributed by atoms with Gasteiger partial charge in [0, 0.05) is 63.8 Å². The third-order valence-corrected chi connectivity index (χ3v) is 21.6. The van der Waals surface area contributed by atoms with Crippen LogP contribution in [0.1, 0.15) is 0 Å². The van der Waals surface area contributed by atoms with Crippen LogP contribution in [0.3, 0.4) is 0 Å². The van der Waals surface area contributed by atoms with Crippen molar-refractivity contribution in [1.82, 2.24) is 0 Å². The molecule has 2 aliphatic heterocycles. The first-order chi connectivity index (χ1) is 17.5. The first-order valence-electron chi connectivity index (χ1n) is 10.6. The standard InChI is InChI=1S/C20H28N2O6S6Si2/c1-23-35(24-2,25-3)21-15-11-7-9-13-17(15)29-19(21)31-33-34-32-20-22(36(26-4,27-5)28-6)16-12-8-10-14-18(16)30-20/h7-14,19-20H,1-6H3. The highest BCUT2D eigenvalue weighted by Gasteiger charge is 2.55. The SMILES string of the molecule is CO[Si](OC)(OC)N1c2ccccc2SC1SSSSC1Sc2ccccc2N1[Si](OC)(OC)OC. The van der Waals surface area contributed by atoms with Crippen molar-refractivity contribution in [2.24, 2.45) is 0 Å². The summed E-state index contributed by atoms with van der Waals surface area (Å²) in [7, 11) is 10.6. The van der Waals surface area contributed by atoms with Gasteiger partial charge in [0.1, 0.15) is 9.41 Å². The van der Waals surface area contributed by atoms with Gasteiger partial charge in [-0.25, -0.2) is 0 Å². The molecule has 0 amide bonds. The maximum atomic E-state index is 5.84. The van der Waals surface area contributed by atoms with Gasteiger partial charge in [-0.3, -0.25) is 0 Å². The molecule has 2 aromatic rings. The van der Waals surface area contributed by atoms with E-state index >= 15 is 0 Å². The Morgan fingerprint density at radius 3 is 1.25 bits per heavy atom. The fraction of sp³-hybridized carbons (Fsp3) is 0.400. The van der Waals surface area contributed by atoms with Crippen LogP contribution < -0.4 is 9.13 Å². The average Bonchev–Trinajstić information content (AvgIpc) is 3.49. The number of thioether (sulfide) groups is 2. The Morgan fingerprint density at radius 2 is 0.917 bits per heavy atom. The summed E-state index contributed by atoms with van der Waals surface area (Å²) in [6.45, 7) is 0. The second-order valence-corrected chi connectivity index (χ2v) is 21.4. The molecule has 36 heavy (non-hydrogen) atoms. The first kappa shape index (κ1) is 29.3. The minimum Gasteiger partial charge on any atom is -0.360 e. The molecule has 0 fully saturated rings. The third-order valence-electron chi connectivity index (χ3n) is 5.54. The van der Waals surface area contributed by atoms with Crippen LogP contribution in [-0.4, -0.2) is 70.0 Å². The minimum atomic E-state index is -3.07. The number of fused-ring (bicyclic) bond motifs is 2. The Hall–Kier alpha value is 0.334. The molecule has 4 rings (SSSR count). The molecule has 2 aromatic carbocycles. The molecule has 198 valence electrons. The number of hydrogen-bond acceptors (Lipinski definition) is 14. The largest absolute Gasteiger partial charge is 0.634 e. The van der Waals surface area contributed by atoms with Crippen molar-refractivity contribution in [3.63, 3.8) is 0 Å². The van der Waals surface area contributed by atoms with Crippen LogP contribution in [0.2, 0.25) is 0 Å². The van der Waals surface area contributed by atoms with E-state index in [0.717, 1.165) is 11.4 Å². The van der Waals surface area contributed by atoms with Gasteiger partial charge in [-0.1, -0.05) is 47.8 Å². The van der Waals surface area contributed by atoms with Gasteiger partial charge in [0.25, 0.3) is 0 Å². The lowest BCUT2D eigenvalue weighted by Gasteiger charge is -2.37. The van der Waals surface area contributed by atoms with Crippen LogP contribution >= 0.6 is 64.8 Å². The summed E-state index contributed by atoms with van der Waals surface area (Å²) < 4.78 is 39.5. The van der Waals surface area contributed by atoms with E-state index in [9.17, 15) is 0 Å². The van der Waals surface area contributed by atoms with Crippen LogP contribution in [0.5, 0.6) is 0 Å². The summed E-state index contributed by atoms with van der Waals surface area (Å²) in [5, 5.41) is 0. The van der Waals surface area contributed by atoms with Crippen molar-refractivity contribution in [3.05, 3.63) is 48.5 Å². The van der Waals surface area contributed by atoms with E-state index in [-0.39, 0.29) is 9.41 Å². The molecule has 2 unspecified atom stereocenters. The molecule has 0 N–H and O–H groups in total. The van der Waals surface area contributed by atoms with Gasteiger partial charge in [-0.2, -0.15) is 0 Å². The van der Waals surface area contributed by atoms with Crippen molar-refractivity contribution in [1.29, 1.82) is 0 Å². The molecule has 16 heteroatoms. The Labute approximate surface area is 238 Å². The summed E-state index contributed by atoms with van der Waals surface area (Å²) in [4.78, 5) is 2.36. The fourth-order valence-electron chi connectivity index (χ4n) is 3.93. The number of nitrogens with zero attached hydrogens (tertiary/aromatic N) is 2. The maximum Gasteiger partial charge on any atom is 0.634 e. The summed E-state index contributed by atoms with van der Waals surface area (Å²) in [6, 6.07) is 16.6. The van der Waals surface area contributed by atoms with Gasteiger partial charge >= 0.3 is 17.9 Å². The molecule has 0 aliphatic carbocycles. The van der Waals surface area contributed by atoms with Crippen LogP contribution in [0.15, 0.2) is 58.3 Å². The molecule has 0 saturated carbocycles. The number of para-hydroxylation sites is 2. The zero-order chi connectivity index (χ0) is 25.8. The van der Waals surface area contributed by atoms with Crippen molar-refractivity contribution in [2.75, 3.05) is 51.8 Å². The molecule has 0 radical (unpaired) electrons. The maximum absolute atomic E-state index is 5.84. The molecule has 0 aromatic heterocycles. The van der Waals surface area contributed by atoms with E-state index < -0.39 is 17.9 Å². The van der Waals surface area contributed by atoms with E-state index in [2.05, 4.69) is 33.4 Å². The monoisotopic (exact) mass is 640 g/mol. The molecule has 2 atom stereocenters. The predicted octanol–water partition coefficient (Wildman–Crippen LogP) is 6.21. The van der Waals surface area contributed by atoms with E-state index in [1.165, 1.54) is 9.79 Å². The molecular weight excluding hydrogens is 613 g/mol. The van der Waals surface area contributed by atoms with Crippen LogP contribution in [0.25, 0.3) is 0 Å². The van der Waals surface area contributed by atoms with E-state index in [0.29, 0.717) is 0 Å². The fourth-order valence-corrected chi connectivity index (χ4v) is 20.8. The van der Waals surface area contributed by atoms with Gasteiger partial charge in [0.05, 0.1) is 0 Å². The van der Waals surface area contributed by atoms with Gasteiger partial charge in [0.15, 0.2) is 0 Å². The zero-order valence-electron chi connectivity index (χ0n) is 20.6. The number of benzene rings is 2. The van der Waals surface area contributed by atoms with Gasteiger partial charge in [-0.05, 0) is 65.5 Å². The molecule has 8 nitrogen and oxygen atoms in total. The Kier molecular flexibility index (Phi) is 10.7. The first-order valence-corrected chi connectivity index (χ1v) is 20.6. The summed E-state index contributed by atoms with van der Waals surface area (Å²) in [6.07, 6.45) is 0. The molecule has 2 aliphatic rings. The Bertz CT molecular complexity index is 928. The molecule has 2 heterocycles. The number of anilines is 2. The predicted molar refractivity (Wildman–Crippen MR) is 161 cm³/mol. The molecular formula is C20H28N2O6S6Si2. The second-order valence-electron chi connectivity index (χ2n) is 7.13. The highest BCUT2D eigenvalue weighted by molar-refractivity contribution is 9.26. The van der Waals surface area contributed by atoms with E-state index in [1.54, 1.807) is 107 Å². The minimum absolute atomic E-state index is 0.0296. The highest BCUT2D eigenvalue weighted by atomic mass is 33.7. The van der Waals surface area contributed by atoms with Crippen LogP contribution in [0.4, 0.5) is 11.4 Å². The quantitative estimate of drug-likeness (QED) is 0.142. The van der Waals surface area contributed by atoms with Crippen molar-refractivity contribution >= 4 is 94.1 Å². The smallest absolute Gasteiger partial charge is 0.360 e. The number of hydrogen-bond donors (Lipinski definition) is 0. The second kappa shape index (κ2) is 13.1. The lowest BCUT2D eigenvalue weighted by Crippen LogP contribution is -2.61. The summed E-state index contributed by atoms with van der Waals surface area (Å²) in [5.41, 5.74) is 2.14. The van der Waals surface area contributed by atoms with Gasteiger partial charge < -0.3 is 35.7 Å². The third kappa shape index (κ3) is 5.49. The van der Waals surface area contributed by atoms with Crippen molar-refractivity contribution in [3.8, 4) is 0 Å². The lowest BCUT2D eigenvalue weighted by atomic mass is 10.3. The zero-order valence-corrected chi connectivity index (χ0v) is 27.5. The van der Waals surface area contributed by atoms with E-state index in [4.69, 9.17) is 26.6 Å². The topological polar surface area (TPSA) is 61.9 Å². The van der Waals surface area contributed by atoms with Gasteiger partial charge in [-0.15, -0.1) is 0 Å². The lowest BCUT2D eigenvalue weighted by molar-refractivity contribution is 0.121. The van der Waals surface area contributed by atoms with Crippen molar-refractivity contribution in [2.45, 2.75) is 19.2 Å². The summed E-state index contributed by atoms with van der Waals surface area (Å²) >= 11 is 3.55. The van der Waals surface area contributed by atoms with Crippen LogP contribution in [0, 0.1) is 0 Å². The average molecular weight is 641 g/mol. The number of rotatable bonds is 13. The highest BCUT2D eigenvalue weighted by Crippen LogP contribution is 2.60. The normalized spacial score (nSPS) is 19.6.